The third kappa shape index (κ3) is 2.21. The third-order valence-corrected chi connectivity index (χ3v) is 4.28. The van der Waals surface area contributed by atoms with Gasteiger partial charge in [-0.1, -0.05) is 6.92 Å². The molecular formula is C11H14N4O2S. The highest BCUT2D eigenvalue weighted by molar-refractivity contribution is 7.92. The molecule has 1 N–H and O–H groups in total. The van der Waals surface area contributed by atoms with E-state index >= 15 is 0 Å². The molecule has 0 atom stereocenters. The van der Waals surface area contributed by atoms with Crippen molar-refractivity contribution in [3.63, 3.8) is 0 Å². The van der Waals surface area contributed by atoms with Gasteiger partial charge in [-0.3, -0.25) is 9.29 Å². The maximum absolute atomic E-state index is 12.3. The van der Waals surface area contributed by atoms with Crippen LogP contribution in [0.4, 0.5) is 5.69 Å². The Bertz CT molecular complexity index is 622. The first-order valence-electron chi connectivity index (χ1n) is 5.48. The summed E-state index contributed by atoms with van der Waals surface area (Å²) in [5.74, 6) is 0.646. The number of pyridine rings is 1. The maximum Gasteiger partial charge on any atom is 0.281 e. The lowest BCUT2D eigenvalue weighted by molar-refractivity contribution is 0.591. The number of nitrogens with one attached hydrogen (secondary N) is 1. The summed E-state index contributed by atoms with van der Waals surface area (Å²) in [6.45, 7) is 1.90. The van der Waals surface area contributed by atoms with Crippen LogP contribution >= 0.6 is 0 Å². The molecule has 0 spiro atoms. The number of hydrogen-bond donors (Lipinski definition) is 1. The molecule has 2 aromatic rings. The summed E-state index contributed by atoms with van der Waals surface area (Å²) in [6, 6.07) is 3.37. The van der Waals surface area contributed by atoms with Crippen molar-refractivity contribution in [1.82, 2.24) is 15.0 Å². The second-order valence-electron chi connectivity index (χ2n) is 3.73. The zero-order valence-electron chi connectivity index (χ0n) is 10.2. The molecule has 7 heteroatoms. The zero-order valence-corrected chi connectivity index (χ0v) is 11.0. The van der Waals surface area contributed by atoms with E-state index in [1.54, 1.807) is 18.3 Å². The molecular weight excluding hydrogens is 252 g/mol. The van der Waals surface area contributed by atoms with Crippen molar-refractivity contribution in [3.05, 3.63) is 36.5 Å². The van der Waals surface area contributed by atoms with Crippen molar-refractivity contribution >= 4 is 15.7 Å². The minimum absolute atomic E-state index is 0.0886. The number of imidazole rings is 1. The number of rotatable bonds is 4. The molecule has 2 heterocycles. The first-order valence-corrected chi connectivity index (χ1v) is 6.92. The van der Waals surface area contributed by atoms with Crippen LogP contribution in [0.15, 0.2) is 35.7 Å². The summed E-state index contributed by atoms with van der Waals surface area (Å²) in [7, 11) is -2.12. The van der Waals surface area contributed by atoms with Gasteiger partial charge in [0.25, 0.3) is 10.0 Å². The Balaban J connectivity index is 2.37. The Morgan fingerprint density at radius 1 is 1.39 bits per heavy atom. The van der Waals surface area contributed by atoms with Crippen molar-refractivity contribution in [1.29, 1.82) is 0 Å². The number of aromatic nitrogens is 3. The van der Waals surface area contributed by atoms with Crippen LogP contribution < -0.4 is 4.31 Å². The zero-order chi connectivity index (χ0) is 13.2. The van der Waals surface area contributed by atoms with Gasteiger partial charge in [-0.25, -0.2) is 4.98 Å². The highest BCUT2D eigenvalue weighted by Gasteiger charge is 2.23. The molecule has 0 saturated heterocycles. The minimum atomic E-state index is -3.61. The van der Waals surface area contributed by atoms with E-state index in [4.69, 9.17) is 0 Å². The number of H-pyrrole nitrogens is 1. The van der Waals surface area contributed by atoms with Crippen molar-refractivity contribution in [3.8, 4) is 0 Å². The van der Waals surface area contributed by atoms with Gasteiger partial charge in [0, 0.05) is 19.7 Å². The Morgan fingerprint density at radius 3 is 2.72 bits per heavy atom. The van der Waals surface area contributed by atoms with Gasteiger partial charge in [0.05, 0.1) is 18.1 Å². The van der Waals surface area contributed by atoms with E-state index in [9.17, 15) is 8.42 Å². The van der Waals surface area contributed by atoms with E-state index in [1.165, 1.54) is 23.7 Å². The Morgan fingerprint density at radius 2 is 2.17 bits per heavy atom. The molecule has 0 amide bonds. The predicted molar refractivity (Wildman–Crippen MR) is 67.8 cm³/mol. The van der Waals surface area contributed by atoms with E-state index < -0.39 is 10.0 Å². The van der Waals surface area contributed by atoms with Gasteiger partial charge < -0.3 is 4.98 Å². The van der Waals surface area contributed by atoms with Gasteiger partial charge in [0.2, 0.25) is 0 Å². The topological polar surface area (TPSA) is 79.0 Å². The van der Waals surface area contributed by atoms with Gasteiger partial charge in [-0.05, 0) is 12.1 Å². The van der Waals surface area contributed by atoms with Gasteiger partial charge in [0.15, 0.2) is 5.03 Å². The van der Waals surface area contributed by atoms with Crippen LogP contribution in [0.25, 0.3) is 0 Å². The number of aryl methyl sites for hydroxylation is 1. The molecule has 0 aliphatic carbocycles. The van der Waals surface area contributed by atoms with E-state index in [0.29, 0.717) is 17.9 Å². The van der Waals surface area contributed by atoms with E-state index in [-0.39, 0.29) is 5.03 Å². The van der Waals surface area contributed by atoms with E-state index in [2.05, 4.69) is 15.0 Å². The van der Waals surface area contributed by atoms with Gasteiger partial charge in [-0.2, -0.15) is 8.42 Å². The lowest BCUT2D eigenvalue weighted by atomic mass is 10.4. The minimum Gasteiger partial charge on any atom is -0.332 e. The lowest BCUT2D eigenvalue weighted by Gasteiger charge is -2.17. The molecule has 0 aromatic carbocycles. The molecule has 0 fully saturated rings. The molecule has 2 rings (SSSR count). The summed E-state index contributed by atoms with van der Waals surface area (Å²) in [4.78, 5) is 10.7. The van der Waals surface area contributed by atoms with Crippen LogP contribution in [0.3, 0.4) is 0 Å². The fourth-order valence-electron chi connectivity index (χ4n) is 1.48. The van der Waals surface area contributed by atoms with E-state index in [0.717, 1.165) is 0 Å². The number of hydrogen-bond acceptors (Lipinski definition) is 4. The van der Waals surface area contributed by atoms with Crippen LogP contribution in [-0.4, -0.2) is 30.4 Å². The standard InChI is InChI=1S/C11H14N4O2S/c1-3-10-13-8-11(14-10)18(16,17)15(2)9-5-4-6-12-7-9/h4-8H,3H2,1-2H3,(H,13,14). The van der Waals surface area contributed by atoms with Crippen molar-refractivity contribution in [2.45, 2.75) is 18.4 Å². The molecule has 0 unspecified atom stereocenters. The van der Waals surface area contributed by atoms with Crippen LogP contribution in [0.2, 0.25) is 0 Å². The summed E-state index contributed by atoms with van der Waals surface area (Å²) >= 11 is 0. The third-order valence-electron chi connectivity index (χ3n) is 2.59. The predicted octanol–water partition coefficient (Wildman–Crippen LogP) is 1.19. The molecule has 2 aromatic heterocycles. The van der Waals surface area contributed by atoms with Crippen LogP contribution in [0.1, 0.15) is 12.7 Å². The second-order valence-corrected chi connectivity index (χ2v) is 5.67. The Labute approximate surface area is 106 Å². The molecule has 18 heavy (non-hydrogen) atoms. The first kappa shape index (κ1) is 12.6. The number of nitrogens with zero attached hydrogens (tertiary/aromatic N) is 3. The highest BCUT2D eigenvalue weighted by Crippen LogP contribution is 2.19. The van der Waals surface area contributed by atoms with Gasteiger partial charge in [0.1, 0.15) is 5.82 Å². The van der Waals surface area contributed by atoms with Crippen LogP contribution in [-0.2, 0) is 16.4 Å². The fraction of sp³-hybridized carbons (Fsp3) is 0.273. The van der Waals surface area contributed by atoms with Gasteiger partial charge in [-0.15, -0.1) is 0 Å². The fourth-order valence-corrected chi connectivity index (χ4v) is 2.59. The summed E-state index contributed by atoms with van der Waals surface area (Å²) in [5.41, 5.74) is 0.505. The molecule has 6 nitrogen and oxygen atoms in total. The van der Waals surface area contributed by atoms with Crippen LogP contribution in [0, 0.1) is 0 Å². The second kappa shape index (κ2) is 4.77. The largest absolute Gasteiger partial charge is 0.332 e. The quantitative estimate of drug-likeness (QED) is 0.901. The monoisotopic (exact) mass is 266 g/mol. The van der Waals surface area contributed by atoms with E-state index in [1.807, 2.05) is 6.92 Å². The number of aromatic amines is 1. The molecule has 0 bridgehead atoms. The normalized spacial score (nSPS) is 11.4. The van der Waals surface area contributed by atoms with Crippen molar-refractivity contribution < 1.29 is 8.42 Å². The summed E-state index contributed by atoms with van der Waals surface area (Å²) < 4.78 is 25.8. The average Bonchev–Trinajstić information content (AvgIpc) is 2.88. The lowest BCUT2D eigenvalue weighted by Crippen LogP contribution is -2.26. The SMILES string of the molecule is CCc1ncc(S(=O)(=O)N(C)c2cccnc2)[nH]1. The van der Waals surface area contributed by atoms with Crippen LogP contribution in [0.5, 0.6) is 0 Å². The molecule has 0 saturated carbocycles. The van der Waals surface area contributed by atoms with Crippen molar-refractivity contribution in [2.75, 3.05) is 11.4 Å². The highest BCUT2D eigenvalue weighted by atomic mass is 32.2. The number of sulfonamides is 1. The summed E-state index contributed by atoms with van der Waals surface area (Å²) in [5, 5.41) is 0.0886. The maximum atomic E-state index is 12.3. The summed E-state index contributed by atoms with van der Waals surface area (Å²) in [6.07, 6.45) is 5.08. The molecule has 0 aliphatic rings. The number of anilines is 1. The van der Waals surface area contributed by atoms with Crippen molar-refractivity contribution in [2.24, 2.45) is 0 Å². The average molecular weight is 266 g/mol. The molecule has 96 valence electrons. The smallest absolute Gasteiger partial charge is 0.281 e. The molecule has 0 radical (unpaired) electrons. The first-order chi connectivity index (χ1) is 8.55. The molecule has 0 aliphatic heterocycles. The Hall–Kier alpha value is -1.89. The Kier molecular flexibility index (Phi) is 3.33. The van der Waals surface area contributed by atoms with Gasteiger partial charge >= 0.3 is 0 Å².